The third-order valence-electron chi connectivity index (χ3n) is 4.21. The van der Waals surface area contributed by atoms with Crippen LogP contribution in [0.2, 0.25) is 0 Å². The Morgan fingerprint density at radius 3 is 2.43 bits per heavy atom. The maximum Gasteiger partial charge on any atom is 0.265 e. The normalized spacial score (nSPS) is 22.8. The van der Waals surface area contributed by atoms with Crippen LogP contribution in [0.1, 0.15) is 40.5 Å². The van der Waals surface area contributed by atoms with E-state index in [4.69, 9.17) is 0 Å². The van der Waals surface area contributed by atoms with Gasteiger partial charge >= 0.3 is 0 Å². The molecule has 0 aliphatic carbocycles. The topological polar surface area (TPSA) is 23.6 Å². The number of alkyl halides is 2. The van der Waals surface area contributed by atoms with Crippen LogP contribution in [0.4, 0.5) is 8.78 Å². The SMILES string of the molecule is CC(C)CCN1CC[C@@H](CN(C)C(=O)C(C)C)C(F)(F)C1. The molecular weight excluding hydrogens is 274 g/mol. The van der Waals surface area contributed by atoms with Crippen molar-refractivity contribution in [2.75, 3.05) is 33.2 Å². The summed E-state index contributed by atoms with van der Waals surface area (Å²) in [6.07, 6.45) is 1.41. The second-order valence-electron chi connectivity index (χ2n) is 7.08. The van der Waals surface area contributed by atoms with E-state index in [9.17, 15) is 13.6 Å². The number of rotatable bonds is 6. The van der Waals surface area contributed by atoms with E-state index in [-0.39, 0.29) is 24.9 Å². The van der Waals surface area contributed by atoms with E-state index >= 15 is 0 Å². The Balaban J connectivity index is 2.53. The second kappa shape index (κ2) is 7.52. The van der Waals surface area contributed by atoms with Crippen molar-refractivity contribution in [2.45, 2.75) is 46.5 Å². The van der Waals surface area contributed by atoms with Gasteiger partial charge in [-0.25, -0.2) is 8.78 Å². The van der Waals surface area contributed by atoms with Gasteiger partial charge in [-0.05, 0) is 31.8 Å². The Morgan fingerprint density at radius 2 is 1.95 bits per heavy atom. The Morgan fingerprint density at radius 1 is 1.33 bits per heavy atom. The molecule has 5 heteroatoms. The van der Waals surface area contributed by atoms with E-state index in [0.29, 0.717) is 18.9 Å². The highest BCUT2D eigenvalue weighted by Crippen LogP contribution is 2.33. The van der Waals surface area contributed by atoms with Crippen LogP contribution in [0.25, 0.3) is 0 Å². The van der Waals surface area contributed by atoms with Crippen LogP contribution in [0.15, 0.2) is 0 Å². The second-order valence-corrected chi connectivity index (χ2v) is 7.08. The van der Waals surface area contributed by atoms with Gasteiger partial charge in [0.15, 0.2) is 0 Å². The fourth-order valence-electron chi connectivity index (χ4n) is 2.77. The molecule has 1 aliphatic rings. The number of carbonyl (C=O) groups excluding carboxylic acids is 1. The zero-order valence-electron chi connectivity index (χ0n) is 14.0. The van der Waals surface area contributed by atoms with Crippen molar-refractivity contribution in [1.82, 2.24) is 9.80 Å². The summed E-state index contributed by atoms with van der Waals surface area (Å²) in [5, 5.41) is 0. The molecule has 0 aromatic rings. The standard InChI is InChI=1S/C16H30F2N2O/c1-12(2)6-8-20-9-7-14(16(17,18)11-20)10-19(5)15(21)13(3)4/h12-14H,6-11H2,1-5H3/t14-/m0/s1. The molecule has 21 heavy (non-hydrogen) atoms. The van der Waals surface area contributed by atoms with Gasteiger partial charge in [0.05, 0.1) is 6.54 Å². The van der Waals surface area contributed by atoms with Gasteiger partial charge in [0, 0.05) is 25.4 Å². The lowest BCUT2D eigenvalue weighted by molar-refractivity contribution is -0.141. The molecule has 0 saturated carbocycles. The van der Waals surface area contributed by atoms with Crippen molar-refractivity contribution in [1.29, 1.82) is 0 Å². The minimum atomic E-state index is -2.71. The summed E-state index contributed by atoms with van der Waals surface area (Å²) in [7, 11) is 1.63. The predicted molar refractivity (Wildman–Crippen MR) is 81.4 cm³/mol. The van der Waals surface area contributed by atoms with Crippen LogP contribution in [0, 0.1) is 17.8 Å². The van der Waals surface area contributed by atoms with Crippen molar-refractivity contribution in [3.05, 3.63) is 0 Å². The third-order valence-corrected chi connectivity index (χ3v) is 4.21. The summed E-state index contributed by atoms with van der Waals surface area (Å²) in [5.41, 5.74) is 0. The fourth-order valence-corrected chi connectivity index (χ4v) is 2.77. The van der Waals surface area contributed by atoms with E-state index < -0.39 is 11.8 Å². The summed E-state index contributed by atoms with van der Waals surface area (Å²) in [5.74, 6) is -3.10. The largest absolute Gasteiger partial charge is 0.345 e. The zero-order valence-corrected chi connectivity index (χ0v) is 14.0. The zero-order chi connectivity index (χ0) is 16.2. The number of likely N-dealkylation sites (tertiary alicyclic amines) is 1. The van der Waals surface area contributed by atoms with Crippen molar-refractivity contribution >= 4 is 5.91 Å². The molecule has 124 valence electrons. The molecule has 0 aromatic heterocycles. The first-order valence-corrected chi connectivity index (χ1v) is 7.98. The van der Waals surface area contributed by atoms with Crippen LogP contribution in [-0.2, 0) is 4.79 Å². The van der Waals surface area contributed by atoms with Gasteiger partial charge in [0.1, 0.15) is 0 Å². The minimum Gasteiger partial charge on any atom is -0.345 e. The first-order chi connectivity index (χ1) is 9.63. The number of piperidine rings is 1. The third kappa shape index (κ3) is 5.53. The van der Waals surface area contributed by atoms with E-state index in [1.807, 2.05) is 4.90 Å². The monoisotopic (exact) mass is 304 g/mol. The molecule has 1 saturated heterocycles. The van der Waals surface area contributed by atoms with Gasteiger partial charge in [-0.3, -0.25) is 9.69 Å². The number of halogens is 2. The Kier molecular flexibility index (Phi) is 6.57. The molecule has 1 amide bonds. The van der Waals surface area contributed by atoms with E-state index in [2.05, 4.69) is 13.8 Å². The predicted octanol–water partition coefficient (Wildman–Crippen LogP) is 3.10. The molecule has 0 N–H and O–H groups in total. The summed E-state index contributed by atoms with van der Waals surface area (Å²) < 4.78 is 28.6. The summed E-state index contributed by atoms with van der Waals surface area (Å²) in [4.78, 5) is 15.2. The van der Waals surface area contributed by atoms with Gasteiger partial charge in [-0.1, -0.05) is 27.7 Å². The van der Waals surface area contributed by atoms with E-state index in [1.54, 1.807) is 20.9 Å². The van der Waals surface area contributed by atoms with Gasteiger partial charge < -0.3 is 4.90 Å². The quantitative estimate of drug-likeness (QED) is 0.753. The van der Waals surface area contributed by atoms with Gasteiger partial charge in [-0.15, -0.1) is 0 Å². The van der Waals surface area contributed by atoms with Gasteiger partial charge in [-0.2, -0.15) is 0 Å². The highest BCUT2D eigenvalue weighted by atomic mass is 19.3. The van der Waals surface area contributed by atoms with Gasteiger partial charge in [0.25, 0.3) is 5.92 Å². The van der Waals surface area contributed by atoms with Crippen LogP contribution in [0.3, 0.4) is 0 Å². The number of hydrogen-bond donors (Lipinski definition) is 0. The van der Waals surface area contributed by atoms with Crippen molar-refractivity contribution in [3.63, 3.8) is 0 Å². The van der Waals surface area contributed by atoms with E-state index in [1.165, 1.54) is 4.90 Å². The first kappa shape index (κ1) is 18.3. The molecule has 0 bridgehead atoms. The number of carbonyl (C=O) groups is 1. The lowest BCUT2D eigenvalue weighted by Crippen LogP contribution is -2.52. The van der Waals surface area contributed by atoms with E-state index in [0.717, 1.165) is 13.0 Å². The first-order valence-electron chi connectivity index (χ1n) is 7.98. The number of hydrogen-bond acceptors (Lipinski definition) is 2. The lowest BCUT2D eigenvalue weighted by Gasteiger charge is -2.40. The lowest BCUT2D eigenvalue weighted by atomic mass is 9.91. The van der Waals surface area contributed by atoms with Crippen molar-refractivity contribution in [2.24, 2.45) is 17.8 Å². The average Bonchev–Trinajstić information content (AvgIpc) is 2.37. The van der Waals surface area contributed by atoms with Crippen molar-refractivity contribution in [3.8, 4) is 0 Å². The van der Waals surface area contributed by atoms with Crippen LogP contribution in [-0.4, -0.2) is 54.9 Å². The maximum absolute atomic E-state index is 14.3. The molecule has 3 nitrogen and oxygen atoms in total. The maximum atomic E-state index is 14.3. The number of nitrogens with zero attached hydrogens (tertiary/aromatic N) is 2. The average molecular weight is 304 g/mol. The molecule has 1 fully saturated rings. The Hall–Kier alpha value is -0.710. The summed E-state index contributed by atoms with van der Waals surface area (Å²) in [6.45, 7) is 9.24. The summed E-state index contributed by atoms with van der Waals surface area (Å²) in [6, 6.07) is 0. The molecule has 0 unspecified atom stereocenters. The number of amides is 1. The molecule has 1 atom stereocenters. The molecular formula is C16H30F2N2O. The molecule has 1 aliphatic heterocycles. The highest BCUT2D eigenvalue weighted by molar-refractivity contribution is 5.77. The van der Waals surface area contributed by atoms with Crippen LogP contribution >= 0.6 is 0 Å². The van der Waals surface area contributed by atoms with Crippen LogP contribution < -0.4 is 0 Å². The molecule has 1 heterocycles. The molecule has 0 aromatic carbocycles. The minimum absolute atomic E-state index is 0.0620. The van der Waals surface area contributed by atoms with Crippen LogP contribution in [0.5, 0.6) is 0 Å². The fraction of sp³-hybridized carbons (Fsp3) is 0.938. The van der Waals surface area contributed by atoms with Gasteiger partial charge in [0.2, 0.25) is 5.91 Å². The molecule has 0 radical (unpaired) electrons. The highest BCUT2D eigenvalue weighted by Gasteiger charge is 2.45. The Bertz CT molecular complexity index is 345. The molecule has 1 rings (SSSR count). The summed E-state index contributed by atoms with van der Waals surface area (Å²) >= 11 is 0. The smallest absolute Gasteiger partial charge is 0.265 e. The van der Waals surface area contributed by atoms with Crippen molar-refractivity contribution < 1.29 is 13.6 Å². The Labute approximate surface area is 127 Å². The molecule has 0 spiro atoms.